The van der Waals surface area contributed by atoms with Crippen LogP contribution < -0.4 is 4.90 Å². The number of nitrogens with zero attached hydrogens (tertiary/aromatic N) is 1. The zero-order valence-corrected chi connectivity index (χ0v) is 11.9. The van der Waals surface area contributed by atoms with E-state index in [1.54, 1.807) is 14.2 Å². The van der Waals surface area contributed by atoms with Crippen LogP contribution in [0.5, 0.6) is 0 Å². The van der Waals surface area contributed by atoms with Crippen LogP contribution in [0.15, 0.2) is 18.2 Å². The van der Waals surface area contributed by atoms with Gasteiger partial charge in [-0.2, -0.15) is 0 Å². The molecular weight excluding hydrogens is 250 g/mol. The Morgan fingerprint density at radius 3 is 2.28 bits per heavy atom. The van der Waals surface area contributed by atoms with E-state index in [4.69, 9.17) is 21.1 Å². The molecule has 1 fully saturated rings. The molecule has 1 aromatic carbocycles. The average Bonchev–Trinajstić information content (AvgIpc) is 2.81. The molecule has 1 saturated heterocycles. The number of hydrogen-bond acceptors (Lipinski definition) is 3. The Morgan fingerprint density at radius 2 is 1.83 bits per heavy atom. The van der Waals surface area contributed by atoms with Crippen molar-refractivity contribution >= 4 is 17.3 Å². The van der Waals surface area contributed by atoms with E-state index < -0.39 is 0 Å². The van der Waals surface area contributed by atoms with E-state index >= 15 is 0 Å². The second-order valence-corrected chi connectivity index (χ2v) is 4.96. The molecule has 1 aliphatic heterocycles. The zero-order valence-electron chi connectivity index (χ0n) is 11.1. The minimum Gasteiger partial charge on any atom is -0.377 e. The van der Waals surface area contributed by atoms with Gasteiger partial charge in [0, 0.05) is 38.9 Å². The SMILES string of the molecule is COC1CN(c2ccc(CCl)c(C)c2)CC1OC. The van der Waals surface area contributed by atoms with Gasteiger partial charge in [-0.15, -0.1) is 11.6 Å². The molecule has 1 aromatic rings. The van der Waals surface area contributed by atoms with Crippen molar-refractivity contribution in [2.75, 3.05) is 32.2 Å². The van der Waals surface area contributed by atoms with E-state index in [2.05, 4.69) is 30.0 Å². The molecule has 0 radical (unpaired) electrons. The number of benzene rings is 1. The van der Waals surface area contributed by atoms with Crippen molar-refractivity contribution < 1.29 is 9.47 Å². The van der Waals surface area contributed by atoms with Gasteiger partial charge in [0.25, 0.3) is 0 Å². The molecule has 1 aliphatic rings. The van der Waals surface area contributed by atoms with E-state index in [0.717, 1.165) is 13.1 Å². The van der Waals surface area contributed by atoms with Gasteiger partial charge >= 0.3 is 0 Å². The van der Waals surface area contributed by atoms with E-state index in [0.29, 0.717) is 5.88 Å². The molecule has 0 spiro atoms. The summed E-state index contributed by atoms with van der Waals surface area (Å²) in [6, 6.07) is 6.40. The minimum atomic E-state index is 0.142. The first kappa shape index (κ1) is 13.7. The lowest BCUT2D eigenvalue weighted by atomic mass is 10.1. The first-order valence-electron chi connectivity index (χ1n) is 6.15. The molecule has 1 heterocycles. The predicted octanol–water partition coefficient (Wildman–Crippen LogP) is 2.58. The number of aryl methyl sites for hydroxylation is 1. The Kier molecular flexibility index (Phi) is 4.49. The first-order valence-corrected chi connectivity index (χ1v) is 6.69. The number of hydrogen-bond donors (Lipinski definition) is 0. The van der Waals surface area contributed by atoms with Crippen molar-refractivity contribution in [2.45, 2.75) is 25.0 Å². The molecule has 4 heteroatoms. The molecular formula is C14H20ClNO2. The molecule has 0 saturated carbocycles. The summed E-state index contributed by atoms with van der Waals surface area (Å²) in [6.45, 7) is 3.84. The van der Waals surface area contributed by atoms with Gasteiger partial charge in [-0.25, -0.2) is 0 Å². The Hall–Kier alpha value is -0.770. The van der Waals surface area contributed by atoms with Crippen LogP contribution in [-0.4, -0.2) is 39.5 Å². The third kappa shape index (κ3) is 2.63. The molecule has 2 atom stereocenters. The van der Waals surface area contributed by atoms with Gasteiger partial charge in [0.15, 0.2) is 0 Å². The van der Waals surface area contributed by atoms with Gasteiger partial charge < -0.3 is 14.4 Å². The lowest BCUT2D eigenvalue weighted by Crippen LogP contribution is -2.27. The topological polar surface area (TPSA) is 21.7 Å². The summed E-state index contributed by atoms with van der Waals surface area (Å²) in [6.07, 6.45) is 0.283. The predicted molar refractivity (Wildman–Crippen MR) is 74.5 cm³/mol. The van der Waals surface area contributed by atoms with Gasteiger partial charge in [0.1, 0.15) is 12.2 Å². The maximum atomic E-state index is 5.88. The quantitative estimate of drug-likeness (QED) is 0.785. The monoisotopic (exact) mass is 269 g/mol. The van der Waals surface area contributed by atoms with Crippen molar-refractivity contribution in [1.29, 1.82) is 0 Å². The number of halogens is 1. The van der Waals surface area contributed by atoms with Crippen molar-refractivity contribution in [3.8, 4) is 0 Å². The van der Waals surface area contributed by atoms with E-state index in [-0.39, 0.29) is 12.2 Å². The molecule has 3 nitrogen and oxygen atoms in total. The van der Waals surface area contributed by atoms with Crippen LogP contribution in [0.2, 0.25) is 0 Å². The van der Waals surface area contributed by atoms with Crippen LogP contribution in [-0.2, 0) is 15.4 Å². The highest BCUT2D eigenvalue weighted by atomic mass is 35.5. The third-order valence-electron chi connectivity index (χ3n) is 3.66. The highest BCUT2D eigenvalue weighted by Gasteiger charge is 2.33. The number of anilines is 1. The Bertz CT molecular complexity index is 399. The van der Waals surface area contributed by atoms with E-state index in [1.807, 2.05) is 0 Å². The Morgan fingerprint density at radius 1 is 1.22 bits per heavy atom. The van der Waals surface area contributed by atoms with Crippen LogP contribution in [0.4, 0.5) is 5.69 Å². The molecule has 0 bridgehead atoms. The molecule has 0 N–H and O–H groups in total. The standard InChI is InChI=1S/C14H20ClNO2/c1-10-6-12(5-4-11(10)7-15)16-8-13(17-2)14(9-16)18-3/h4-6,13-14H,7-9H2,1-3H3. The third-order valence-corrected chi connectivity index (χ3v) is 3.94. The molecule has 100 valence electrons. The van der Waals surface area contributed by atoms with Crippen LogP contribution in [0, 0.1) is 6.92 Å². The van der Waals surface area contributed by atoms with Crippen LogP contribution in [0.25, 0.3) is 0 Å². The molecule has 0 aromatic heterocycles. The van der Waals surface area contributed by atoms with Gasteiger partial charge in [-0.1, -0.05) is 6.07 Å². The van der Waals surface area contributed by atoms with E-state index in [9.17, 15) is 0 Å². The lowest BCUT2D eigenvalue weighted by molar-refractivity contribution is -0.00461. The first-order chi connectivity index (χ1) is 8.69. The number of rotatable bonds is 4. The van der Waals surface area contributed by atoms with Crippen LogP contribution in [0.3, 0.4) is 0 Å². The van der Waals surface area contributed by atoms with Crippen molar-refractivity contribution in [3.63, 3.8) is 0 Å². The number of ether oxygens (including phenoxy) is 2. The summed E-state index contributed by atoms with van der Waals surface area (Å²) < 4.78 is 10.9. The summed E-state index contributed by atoms with van der Waals surface area (Å²) in [7, 11) is 3.48. The van der Waals surface area contributed by atoms with Crippen molar-refractivity contribution in [3.05, 3.63) is 29.3 Å². The second kappa shape index (κ2) is 5.91. The average molecular weight is 270 g/mol. The number of alkyl halides is 1. The Balaban J connectivity index is 2.15. The summed E-state index contributed by atoms with van der Waals surface area (Å²) in [5.41, 5.74) is 3.63. The molecule has 2 unspecified atom stereocenters. The van der Waals surface area contributed by atoms with Gasteiger partial charge in [-0.3, -0.25) is 0 Å². The fourth-order valence-corrected chi connectivity index (χ4v) is 2.73. The van der Waals surface area contributed by atoms with Gasteiger partial charge in [0.05, 0.1) is 0 Å². The molecule has 0 amide bonds. The molecule has 2 rings (SSSR count). The Labute approximate surface area is 114 Å². The van der Waals surface area contributed by atoms with Gasteiger partial charge in [-0.05, 0) is 30.2 Å². The number of methoxy groups -OCH3 is 2. The molecule has 0 aliphatic carbocycles. The smallest absolute Gasteiger partial charge is 0.102 e. The fourth-order valence-electron chi connectivity index (χ4n) is 2.43. The summed E-state index contributed by atoms with van der Waals surface area (Å²) >= 11 is 5.88. The normalized spacial score (nSPS) is 23.7. The van der Waals surface area contributed by atoms with E-state index in [1.165, 1.54) is 16.8 Å². The highest BCUT2D eigenvalue weighted by molar-refractivity contribution is 6.17. The van der Waals surface area contributed by atoms with Crippen molar-refractivity contribution in [1.82, 2.24) is 0 Å². The zero-order chi connectivity index (χ0) is 13.1. The molecule has 18 heavy (non-hydrogen) atoms. The minimum absolute atomic E-state index is 0.142. The van der Waals surface area contributed by atoms with Crippen molar-refractivity contribution in [2.24, 2.45) is 0 Å². The maximum absolute atomic E-state index is 5.88. The maximum Gasteiger partial charge on any atom is 0.102 e. The van der Waals surface area contributed by atoms with Gasteiger partial charge in [0.2, 0.25) is 0 Å². The van der Waals surface area contributed by atoms with Crippen LogP contribution in [0.1, 0.15) is 11.1 Å². The summed E-state index contributed by atoms with van der Waals surface area (Å²) in [5, 5.41) is 0. The highest BCUT2D eigenvalue weighted by Crippen LogP contribution is 2.26. The summed E-state index contributed by atoms with van der Waals surface area (Å²) in [4.78, 5) is 2.30. The van der Waals surface area contributed by atoms with Crippen LogP contribution >= 0.6 is 11.6 Å². The fraction of sp³-hybridized carbons (Fsp3) is 0.571. The second-order valence-electron chi connectivity index (χ2n) is 4.70. The summed E-state index contributed by atoms with van der Waals surface area (Å²) in [5.74, 6) is 0.563. The largest absolute Gasteiger partial charge is 0.377 e. The lowest BCUT2D eigenvalue weighted by Gasteiger charge is -2.19.